The van der Waals surface area contributed by atoms with Crippen molar-refractivity contribution in [2.75, 3.05) is 57.3 Å². The van der Waals surface area contributed by atoms with Crippen LogP contribution < -0.4 is 76.9 Å². The van der Waals surface area contributed by atoms with Crippen LogP contribution in [0.1, 0.15) is 73.8 Å². The first-order chi connectivity index (χ1) is 43.5. The van der Waals surface area contributed by atoms with Gasteiger partial charge in [-0.1, -0.05) is 54.6 Å². The fraction of sp³-hybridized carbons (Fsp3) is 0.474. The Hall–Kier alpha value is -9.80. The van der Waals surface area contributed by atoms with E-state index in [4.69, 9.17) is 40.1 Å². The Bertz CT molecular complexity index is 3190. The summed E-state index contributed by atoms with van der Waals surface area (Å²) in [5.41, 5.74) is 39.9. The quantitative estimate of drug-likeness (QED) is 0.0157. The molecule has 0 aliphatic carbocycles. The van der Waals surface area contributed by atoms with E-state index in [9.17, 15) is 63.3 Å². The van der Waals surface area contributed by atoms with Crippen LogP contribution in [0.4, 0.5) is 5.69 Å². The summed E-state index contributed by atoms with van der Waals surface area (Å²) in [4.78, 5) is 159. The third kappa shape index (κ3) is 20.4. The maximum absolute atomic E-state index is 14.7. The summed E-state index contributed by atoms with van der Waals surface area (Å²) in [7, 11) is 0. The first-order valence-electron chi connectivity index (χ1n) is 29.4. The number of amides is 9. The maximum atomic E-state index is 14.7. The second-order valence-electron chi connectivity index (χ2n) is 21.6. The number of nitrogens with one attached hydrogen (secondary N) is 6. The SMILES string of the molecule is NC(N)=NCCCC(NC(=O)CN1C(=O)[C@@H](NC(=O)[C@H](CO)NC(=O)[C@H](Cc2cccs2)NC(=O)CNC(=O)[C@@H]2[C@H](O)CCN2C(=O)[C@@H]2CCCN2C(=O)[C@H](CCCN=C(N)N)NC(=O)[C@H](N)CCCN=C(N)N)N=C(c2ccccc2)c2ccccc21)C(=O)O. The highest BCUT2D eigenvalue weighted by atomic mass is 32.1. The minimum absolute atomic E-state index is 0.0399. The van der Waals surface area contributed by atoms with Crippen LogP contribution in [-0.2, 0) is 54.4 Å². The molecule has 2 aromatic carbocycles. The molecule has 23 N–H and O–H groups in total. The number of benzene rings is 2. The summed E-state index contributed by atoms with van der Waals surface area (Å²) in [5.74, 6) is -9.61. The van der Waals surface area contributed by atoms with Crippen molar-refractivity contribution in [3.05, 3.63) is 88.1 Å². The van der Waals surface area contributed by atoms with Crippen LogP contribution in [0.3, 0.4) is 0 Å². The number of thiophene rings is 1. The molecule has 0 spiro atoms. The number of guanidine groups is 3. The highest BCUT2D eigenvalue weighted by molar-refractivity contribution is 7.09. The number of aliphatic hydroxyl groups excluding tert-OH is 2. The molecule has 0 radical (unpaired) electrons. The second kappa shape index (κ2) is 34.2. The molecule has 4 heterocycles. The average molecular weight is 1290 g/mol. The molecule has 2 saturated heterocycles. The Morgan fingerprint density at radius 1 is 0.681 bits per heavy atom. The molecule has 6 rings (SSSR count). The molecule has 3 aliphatic rings. The summed E-state index contributed by atoms with van der Waals surface area (Å²) < 4.78 is 0. The van der Waals surface area contributed by atoms with E-state index in [0.717, 1.165) is 9.80 Å². The first kappa shape index (κ1) is 70.3. The molecule has 34 heteroatoms. The lowest BCUT2D eigenvalue weighted by molar-refractivity contribution is -0.149. The van der Waals surface area contributed by atoms with Crippen LogP contribution >= 0.6 is 11.3 Å². The van der Waals surface area contributed by atoms with Gasteiger partial charge in [0.05, 0.1) is 36.7 Å². The Labute approximate surface area is 527 Å². The number of aliphatic hydroxyl groups is 2. The number of nitrogens with two attached hydrogens (primary N) is 7. The smallest absolute Gasteiger partial charge is 0.326 e. The number of carboxylic acid groups (broad SMARTS) is 1. The summed E-state index contributed by atoms with van der Waals surface area (Å²) in [6.45, 7) is -2.15. The molecule has 9 amide bonds. The van der Waals surface area contributed by atoms with Gasteiger partial charge in [0.25, 0.3) is 5.91 Å². The van der Waals surface area contributed by atoms with Crippen LogP contribution in [-0.4, -0.2) is 215 Å². The number of rotatable bonds is 32. The third-order valence-electron chi connectivity index (χ3n) is 14.9. The van der Waals surface area contributed by atoms with E-state index in [2.05, 4.69) is 51.9 Å². The van der Waals surface area contributed by atoms with Gasteiger partial charge in [-0.2, -0.15) is 0 Å². The zero-order chi connectivity index (χ0) is 66.3. The van der Waals surface area contributed by atoms with Crippen LogP contribution in [0.2, 0.25) is 0 Å². The van der Waals surface area contributed by atoms with E-state index in [-0.39, 0.29) is 113 Å². The number of hydrogen-bond acceptors (Lipinski definition) is 18. The standard InChI is InChI=1S/C57H80N20O13S/c58-34(15-6-21-65-55(59)60)47(82)71-35(16-7-22-66-56(61)62)51(86)75-24-9-19-40(75)52(87)76-25-20-41(79)45(76)50(85)68-28-42(80)70-37(27-32-13-10-26-91-32)48(83)72-38(30-78)49(84)74-46-53(88)77(29-43(81)69-36(54(89)90)17-8-23-67-57(63)64)39-18-5-4-14-33(39)44(73-46)31-11-2-1-3-12-31/h1-5,10-14,18,26,34-38,40-41,45-46,78-79H,6-9,15-17,19-25,27-30,58H2,(H,68,85)(H,69,81)(H,70,80)(H,71,82)(H,72,83)(H,74,84)(H,89,90)(H4,59,60,65)(H4,61,62,66)(H4,63,64,67)/t34-,35+,36?,37+,38+,40+,41-,45+,46-/m1/s1. The van der Waals surface area contributed by atoms with Crippen molar-refractivity contribution in [2.24, 2.45) is 60.1 Å². The van der Waals surface area contributed by atoms with Gasteiger partial charge in [0.2, 0.25) is 53.4 Å². The molecule has 9 atom stereocenters. The molecule has 0 saturated carbocycles. The fourth-order valence-electron chi connectivity index (χ4n) is 10.4. The van der Waals surface area contributed by atoms with Gasteiger partial charge in [0.15, 0.2) is 17.9 Å². The number of hydrogen-bond donors (Lipinski definition) is 16. The topological polar surface area (TPSA) is 545 Å². The van der Waals surface area contributed by atoms with Gasteiger partial charge in [-0.05, 0) is 75.3 Å². The maximum Gasteiger partial charge on any atom is 0.326 e. The third-order valence-corrected chi connectivity index (χ3v) is 15.8. The Morgan fingerprint density at radius 2 is 1.30 bits per heavy atom. The fourth-order valence-corrected chi connectivity index (χ4v) is 11.2. The average Bonchev–Trinajstić information content (AvgIpc) is 1.73. The number of likely N-dealkylation sites (tertiary alicyclic amines) is 2. The number of carboxylic acids is 1. The van der Waals surface area contributed by atoms with Gasteiger partial charge in [-0.3, -0.25) is 63.0 Å². The summed E-state index contributed by atoms with van der Waals surface area (Å²) >= 11 is 1.23. The van der Waals surface area contributed by atoms with Gasteiger partial charge in [-0.25, -0.2) is 9.79 Å². The number of carbonyl (C=O) groups is 10. The first-order valence-corrected chi connectivity index (χ1v) is 30.2. The summed E-state index contributed by atoms with van der Waals surface area (Å²) in [6.07, 6.45) is -1.91. The minimum Gasteiger partial charge on any atom is -0.480 e. The number of nitrogens with zero attached hydrogens (tertiary/aromatic N) is 7. The molecule has 33 nitrogen and oxygen atoms in total. The van der Waals surface area contributed by atoms with Gasteiger partial charge in [0.1, 0.15) is 42.8 Å². The monoisotopic (exact) mass is 1280 g/mol. The zero-order valence-corrected chi connectivity index (χ0v) is 50.7. The van der Waals surface area contributed by atoms with Crippen molar-refractivity contribution in [1.29, 1.82) is 0 Å². The molecule has 3 aliphatic heterocycles. The van der Waals surface area contributed by atoms with Gasteiger partial charge in [0, 0.05) is 55.1 Å². The largest absolute Gasteiger partial charge is 0.480 e. The van der Waals surface area contributed by atoms with Crippen molar-refractivity contribution < 1.29 is 63.3 Å². The summed E-state index contributed by atoms with van der Waals surface area (Å²) in [5, 5.41) is 48.4. The lowest BCUT2D eigenvalue weighted by Gasteiger charge is -2.33. The van der Waals surface area contributed by atoms with Crippen molar-refractivity contribution >= 4 is 99.7 Å². The highest BCUT2D eigenvalue weighted by Gasteiger charge is 2.47. The van der Waals surface area contributed by atoms with E-state index in [0.29, 0.717) is 28.8 Å². The molecule has 1 aromatic heterocycles. The zero-order valence-electron chi connectivity index (χ0n) is 49.9. The van der Waals surface area contributed by atoms with Crippen molar-refractivity contribution in [2.45, 2.75) is 119 Å². The van der Waals surface area contributed by atoms with Gasteiger partial charge in [-0.15, -0.1) is 11.3 Å². The number of carbonyl (C=O) groups excluding carboxylic acids is 9. The predicted octanol–water partition coefficient (Wildman–Crippen LogP) is -5.81. The van der Waals surface area contributed by atoms with Crippen molar-refractivity contribution in [3.8, 4) is 0 Å². The van der Waals surface area contributed by atoms with Crippen LogP contribution in [0.25, 0.3) is 0 Å². The normalized spacial score (nSPS) is 18.5. The summed E-state index contributed by atoms with van der Waals surface area (Å²) in [6, 6.07) is 8.81. The lowest BCUT2D eigenvalue weighted by atomic mass is 10.0. The minimum atomic E-state index is -1.83. The molecular formula is C57H80N20O13S. The molecule has 3 aromatic rings. The number of fused-ring (bicyclic) bond motifs is 1. The number of aliphatic carboxylic acids is 1. The molecular weight excluding hydrogens is 1200 g/mol. The Kier molecular flexibility index (Phi) is 26.5. The predicted molar refractivity (Wildman–Crippen MR) is 335 cm³/mol. The number of anilines is 1. The van der Waals surface area contributed by atoms with E-state index in [1.54, 1.807) is 66.0 Å². The van der Waals surface area contributed by atoms with E-state index >= 15 is 0 Å². The van der Waals surface area contributed by atoms with Crippen LogP contribution in [0, 0.1) is 0 Å². The molecule has 492 valence electrons. The highest BCUT2D eigenvalue weighted by Crippen LogP contribution is 2.30. The van der Waals surface area contributed by atoms with Crippen LogP contribution in [0.15, 0.2) is 92.1 Å². The molecule has 2 fully saturated rings. The number of para-hydroxylation sites is 1. The Balaban J connectivity index is 1.13. The van der Waals surface area contributed by atoms with E-state index < -0.39 is 133 Å². The van der Waals surface area contributed by atoms with E-state index in [1.165, 1.54) is 22.3 Å². The second-order valence-corrected chi connectivity index (χ2v) is 22.6. The van der Waals surface area contributed by atoms with E-state index in [1.807, 2.05) is 0 Å². The molecule has 91 heavy (non-hydrogen) atoms. The Morgan fingerprint density at radius 3 is 1.92 bits per heavy atom. The molecule has 0 bridgehead atoms. The van der Waals surface area contributed by atoms with Gasteiger partial charge >= 0.3 is 5.97 Å². The van der Waals surface area contributed by atoms with Gasteiger partial charge < -0.3 is 97.2 Å². The lowest BCUT2D eigenvalue weighted by Crippen LogP contribution is -2.59. The molecule has 1 unspecified atom stereocenters. The van der Waals surface area contributed by atoms with Crippen molar-refractivity contribution in [1.82, 2.24) is 41.7 Å². The van der Waals surface area contributed by atoms with Crippen molar-refractivity contribution in [3.63, 3.8) is 0 Å². The number of benzodiazepines with no additional fused rings is 1. The number of aliphatic imine (C=N–C) groups is 4. The van der Waals surface area contributed by atoms with Crippen LogP contribution in [0.5, 0.6) is 0 Å².